The number of rotatable bonds is 8. The minimum atomic E-state index is -5.07. The predicted octanol–water partition coefficient (Wildman–Crippen LogP) is 5.64. The highest BCUT2D eigenvalue weighted by molar-refractivity contribution is 7.47. The zero-order valence-electron chi connectivity index (χ0n) is 18.4. The second-order valence-corrected chi connectivity index (χ2v) is 8.50. The fourth-order valence-electron chi connectivity index (χ4n) is 3.15. The summed E-state index contributed by atoms with van der Waals surface area (Å²) in [6, 6.07) is 32.4. The molecule has 0 fully saturated rings. The number of carbonyl (C=O) groups excluding carboxylic acids is 2. The Morgan fingerprint density at radius 1 is 0.543 bits per heavy atom. The second kappa shape index (κ2) is 10.9. The van der Waals surface area contributed by atoms with Gasteiger partial charge in [0.2, 0.25) is 0 Å². The molecule has 4 rings (SSSR count). The highest BCUT2D eigenvalue weighted by Crippen LogP contribution is 2.47. The first kappa shape index (κ1) is 24.1. The molecule has 0 heterocycles. The Morgan fingerprint density at radius 3 is 1.14 bits per heavy atom. The Balaban J connectivity index is 1.66. The van der Waals surface area contributed by atoms with E-state index in [2.05, 4.69) is 0 Å². The molecular weight excluding hydrogens is 467 g/mol. The smallest absolute Gasteiger partial charge is 0.300 e. The van der Waals surface area contributed by atoms with Gasteiger partial charge < -0.3 is 0 Å². The average Bonchev–Trinajstić information content (AvgIpc) is 2.92. The lowest BCUT2D eigenvalue weighted by molar-refractivity contribution is 0.0705. The van der Waals surface area contributed by atoms with Crippen LogP contribution < -0.4 is 10.1 Å². The molecule has 176 valence electrons. The van der Waals surface area contributed by atoms with Gasteiger partial charge in [-0.05, 0) is 48.5 Å². The van der Waals surface area contributed by atoms with E-state index in [9.17, 15) is 19.0 Å². The van der Waals surface area contributed by atoms with Crippen LogP contribution >= 0.6 is 7.82 Å². The van der Waals surface area contributed by atoms with Gasteiger partial charge in [0.25, 0.3) is 11.8 Å². The first-order valence-corrected chi connectivity index (χ1v) is 12.1. The van der Waals surface area contributed by atoms with Crippen LogP contribution in [0.2, 0.25) is 0 Å². The van der Waals surface area contributed by atoms with Crippen LogP contribution in [0.1, 0.15) is 20.7 Å². The molecule has 2 amide bonds. The molecule has 0 aromatic heterocycles. The van der Waals surface area contributed by atoms with Gasteiger partial charge in [-0.1, -0.05) is 72.8 Å². The Morgan fingerprint density at radius 2 is 0.829 bits per heavy atom. The molecule has 35 heavy (non-hydrogen) atoms. The molecule has 4 aromatic rings. The van der Waals surface area contributed by atoms with Crippen LogP contribution in [0.15, 0.2) is 121 Å². The molecule has 9 heteroatoms. The maximum Gasteiger partial charge on any atom is 0.516 e. The number of hydroxylamine groups is 2. The fraction of sp³-hybridized carbons (Fsp3) is 0. The van der Waals surface area contributed by atoms with Crippen molar-refractivity contribution in [1.29, 1.82) is 0 Å². The molecule has 1 N–H and O–H groups in total. The SMILES string of the molecule is O=C(c1ccccc1)N(OP(=O)(O)ON(C(=O)c1ccccc1)c1ccccc1)c1ccccc1. The van der Waals surface area contributed by atoms with Crippen LogP contribution in [0.4, 0.5) is 11.4 Å². The van der Waals surface area contributed by atoms with Gasteiger partial charge in [-0.3, -0.25) is 14.5 Å². The number of carbonyl (C=O) groups is 2. The zero-order chi connectivity index (χ0) is 24.7. The molecule has 0 atom stereocenters. The summed E-state index contributed by atoms with van der Waals surface area (Å²) in [7, 11) is -5.07. The molecule has 0 unspecified atom stereocenters. The maximum atomic E-state index is 13.2. The Bertz CT molecular complexity index is 1220. The van der Waals surface area contributed by atoms with Crippen molar-refractivity contribution in [3.63, 3.8) is 0 Å². The van der Waals surface area contributed by atoms with E-state index in [1.54, 1.807) is 97.1 Å². The van der Waals surface area contributed by atoms with E-state index in [1.807, 2.05) is 0 Å². The van der Waals surface area contributed by atoms with E-state index in [4.69, 9.17) is 9.25 Å². The van der Waals surface area contributed by atoms with E-state index in [0.717, 1.165) is 0 Å². The standard InChI is InChI=1S/C26H21N2O6P/c29-25(21-13-5-1-6-14-21)27(23-17-9-3-10-18-23)33-35(31,32)34-28(24-19-11-4-12-20-24)26(30)22-15-7-2-8-16-22/h1-20H,(H,31,32). The summed E-state index contributed by atoms with van der Waals surface area (Å²) in [5, 5.41) is 1.35. The topological polar surface area (TPSA) is 96.4 Å². The fourth-order valence-corrected chi connectivity index (χ4v) is 3.93. The van der Waals surface area contributed by atoms with Crippen molar-refractivity contribution in [3.05, 3.63) is 132 Å². The summed E-state index contributed by atoms with van der Waals surface area (Å²) < 4.78 is 23.7. The largest absolute Gasteiger partial charge is 0.516 e. The third-order valence-electron chi connectivity index (χ3n) is 4.76. The van der Waals surface area contributed by atoms with Crippen molar-refractivity contribution in [2.24, 2.45) is 0 Å². The molecule has 8 nitrogen and oxygen atoms in total. The van der Waals surface area contributed by atoms with Gasteiger partial charge >= 0.3 is 7.82 Å². The van der Waals surface area contributed by atoms with Gasteiger partial charge in [-0.25, -0.2) is 4.57 Å². The molecule has 0 bridgehead atoms. The summed E-state index contributed by atoms with van der Waals surface area (Å²) >= 11 is 0. The summed E-state index contributed by atoms with van der Waals surface area (Å²) in [4.78, 5) is 37.0. The molecule has 0 radical (unpaired) electrons. The molecule has 0 spiro atoms. The number of benzene rings is 4. The Hall–Kier alpha value is -4.07. The molecular formula is C26H21N2O6P. The Kier molecular flexibility index (Phi) is 7.50. The van der Waals surface area contributed by atoms with Gasteiger partial charge in [0.1, 0.15) is 0 Å². The van der Waals surface area contributed by atoms with E-state index in [0.29, 0.717) is 10.1 Å². The molecule has 0 aliphatic rings. The third kappa shape index (κ3) is 6.09. The lowest BCUT2D eigenvalue weighted by Crippen LogP contribution is -2.34. The summed E-state index contributed by atoms with van der Waals surface area (Å²) in [6.45, 7) is 0. The summed E-state index contributed by atoms with van der Waals surface area (Å²) in [5.41, 5.74) is 0.827. The number of amides is 2. The van der Waals surface area contributed by atoms with Gasteiger partial charge in [-0.15, -0.1) is 0 Å². The lowest BCUT2D eigenvalue weighted by Gasteiger charge is -2.27. The van der Waals surface area contributed by atoms with E-state index in [-0.39, 0.29) is 22.5 Å². The zero-order valence-corrected chi connectivity index (χ0v) is 19.3. The first-order chi connectivity index (χ1) is 16.9. The minimum absolute atomic E-state index is 0.194. The van der Waals surface area contributed by atoms with Crippen LogP contribution in [0.3, 0.4) is 0 Å². The van der Waals surface area contributed by atoms with Crippen molar-refractivity contribution >= 4 is 31.0 Å². The average molecular weight is 488 g/mol. The van der Waals surface area contributed by atoms with Gasteiger partial charge in [0.05, 0.1) is 11.4 Å². The number of hydrogen-bond donors (Lipinski definition) is 1. The highest BCUT2D eigenvalue weighted by atomic mass is 31.2. The molecule has 0 aliphatic heterocycles. The second-order valence-electron chi connectivity index (χ2n) is 7.23. The minimum Gasteiger partial charge on any atom is -0.300 e. The summed E-state index contributed by atoms with van der Waals surface area (Å²) in [5.74, 6) is -1.40. The number of anilines is 2. The van der Waals surface area contributed by atoms with Crippen LogP contribution in [-0.2, 0) is 13.8 Å². The van der Waals surface area contributed by atoms with Gasteiger partial charge in [0.15, 0.2) is 0 Å². The van der Waals surface area contributed by atoms with Crippen molar-refractivity contribution in [1.82, 2.24) is 0 Å². The summed E-state index contributed by atoms with van der Waals surface area (Å²) in [6.07, 6.45) is 0. The number of para-hydroxylation sites is 2. The number of nitrogens with zero attached hydrogens (tertiary/aromatic N) is 2. The monoisotopic (exact) mass is 488 g/mol. The van der Waals surface area contributed by atoms with Crippen LogP contribution in [0, 0.1) is 0 Å². The van der Waals surface area contributed by atoms with E-state index < -0.39 is 19.6 Å². The first-order valence-electron chi connectivity index (χ1n) is 10.6. The predicted molar refractivity (Wildman–Crippen MR) is 131 cm³/mol. The highest BCUT2D eigenvalue weighted by Gasteiger charge is 2.36. The molecule has 4 aromatic carbocycles. The quantitative estimate of drug-likeness (QED) is 0.255. The van der Waals surface area contributed by atoms with Crippen LogP contribution in [0.25, 0.3) is 0 Å². The number of phosphoric acid groups is 1. The van der Waals surface area contributed by atoms with Crippen molar-refractivity contribution < 1.29 is 28.3 Å². The van der Waals surface area contributed by atoms with Gasteiger partial charge in [0, 0.05) is 11.1 Å². The van der Waals surface area contributed by atoms with Crippen molar-refractivity contribution in [3.8, 4) is 0 Å². The van der Waals surface area contributed by atoms with Gasteiger partial charge in [-0.2, -0.15) is 19.4 Å². The number of hydrogen-bond acceptors (Lipinski definition) is 5. The van der Waals surface area contributed by atoms with Crippen LogP contribution in [0.5, 0.6) is 0 Å². The van der Waals surface area contributed by atoms with Crippen LogP contribution in [-0.4, -0.2) is 16.7 Å². The molecule has 0 saturated carbocycles. The maximum absolute atomic E-state index is 13.2. The van der Waals surface area contributed by atoms with E-state index >= 15 is 0 Å². The van der Waals surface area contributed by atoms with Crippen molar-refractivity contribution in [2.75, 3.05) is 10.1 Å². The molecule has 0 saturated heterocycles. The normalized spacial score (nSPS) is 11.0. The third-order valence-corrected chi connectivity index (χ3v) is 5.50. The molecule has 0 aliphatic carbocycles. The lowest BCUT2D eigenvalue weighted by atomic mass is 10.2. The van der Waals surface area contributed by atoms with E-state index in [1.165, 1.54) is 24.3 Å². The van der Waals surface area contributed by atoms with Crippen molar-refractivity contribution in [2.45, 2.75) is 0 Å². The Labute approximate surface area is 202 Å².